The molecule has 0 radical (unpaired) electrons. The van der Waals surface area contributed by atoms with Gasteiger partial charge in [-0.3, -0.25) is 0 Å². The first-order valence-corrected chi connectivity index (χ1v) is 8.83. The zero-order chi connectivity index (χ0) is 14.7. The van der Waals surface area contributed by atoms with Crippen molar-refractivity contribution >= 4 is 28.2 Å². The molecule has 21 heavy (non-hydrogen) atoms. The number of rotatable bonds is 3. The molecule has 2 unspecified atom stereocenters. The van der Waals surface area contributed by atoms with Gasteiger partial charge in [0.25, 0.3) is 0 Å². The van der Waals surface area contributed by atoms with Crippen LogP contribution in [-0.4, -0.2) is 17.5 Å². The first kappa shape index (κ1) is 14.3. The second-order valence-corrected chi connectivity index (χ2v) is 6.70. The molecule has 2 atom stereocenters. The van der Waals surface area contributed by atoms with E-state index in [1.165, 1.54) is 25.7 Å². The van der Waals surface area contributed by atoms with Crippen molar-refractivity contribution in [3.05, 3.63) is 42.0 Å². The zero-order valence-electron chi connectivity index (χ0n) is 12.3. The Bertz CT molecular complexity index is 674. The van der Waals surface area contributed by atoms with Gasteiger partial charge in [-0.2, -0.15) is 17.0 Å². The molecule has 3 heteroatoms. The van der Waals surface area contributed by atoms with Gasteiger partial charge < -0.3 is 5.32 Å². The van der Waals surface area contributed by atoms with Gasteiger partial charge in [0.15, 0.2) is 0 Å². The molecule has 0 saturated heterocycles. The van der Waals surface area contributed by atoms with Gasteiger partial charge in [0.1, 0.15) is 0 Å². The van der Waals surface area contributed by atoms with Crippen molar-refractivity contribution in [3.8, 4) is 6.07 Å². The fourth-order valence-electron chi connectivity index (χ4n) is 3.27. The van der Waals surface area contributed by atoms with Gasteiger partial charge in [-0.05, 0) is 31.2 Å². The van der Waals surface area contributed by atoms with Crippen LogP contribution in [0.5, 0.6) is 0 Å². The van der Waals surface area contributed by atoms with Crippen molar-refractivity contribution in [2.75, 3.05) is 11.6 Å². The van der Waals surface area contributed by atoms with Crippen LogP contribution in [0.4, 0.5) is 5.69 Å². The van der Waals surface area contributed by atoms with Crippen molar-refractivity contribution in [2.24, 2.45) is 0 Å². The Labute approximate surface area is 130 Å². The average molecular weight is 296 g/mol. The summed E-state index contributed by atoms with van der Waals surface area (Å²) in [5.41, 5.74) is 1.91. The monoisotopic (exact) mass is 296 g/mol. The largest absolute Gasteiger partial charge is 0.381 e. The molecule has 2 aromatic rings. The fraction of sp³-hybridized carbons (Fsp3) is 0.389. The van der Waals surface area contributed by atoms with E-state index in [9.17, 15) is 5.26 Å². The van der Waals surface area contributed by atoms with Crippen molar-refractivity contribution in [1.29, 1.82) is 5.26 Å². The second-order valence-electron chi connectivity index (χ2n) is 5.63. The van der Waals surface area contributed by atoms with E-state index < -0.39 is 0 Å². The lowest BCUT2D eigenvalue weighted by atomic mass is 9.94. The van der Waals surface area contributed by atoms with E-state index in [0.29, 0.717) is 11.3 Å². The molecule has 108 valence electrons. The number of nitriles is 1. The van der Waals surface area contributed by atoms with Crippen molar-refractivity contribution < 1.29 is 0 Å². The summed E-state index contributed by atoms with van der Waals surface area (Å²) in [6.07, 6.45) is 7.40. The van der Waals surface area contributed by atoms with E-state index in [-0.39, 0.29) is 0 Å². The third-order valence-corrected chi connectivity index (χ3v) is 5.56. The Kier molecular flexibility index (Phi) is 4.36. The molecular weight excluding hydrogens is 276 g/mol. The van der Waals surface area contributed by atoms with Gasteiger partial charge in [0.2, 0.25) is 0 Å². The van der Waals surface area contributed by atoms with E-state index in [4.69, 9.17) is 0 Å². The molecule has 0 aliphatic heterocycles. The highest BCUT2D eigenvalue weighted by atomic mass is 32.2. The van der Waals surface area contributed by atoms with Gasteiger partial charge in [-0.25, -0.2) is 0 Å². The van der Waals surface area contributed by atoms with Crippen LogP contribution >= 0.6 is 11.8 Å². The number of thioether (sulfide) groups is 1. The summed E-state index contributed by atoms with van der Waals surface area (Å²) >= 11 is 1.97. The number of nitrogens with one attached hydrogen (secondary N) is 1. The van der Waals surface area contributed by atoms with Crippen LogP contribution in [0.1, 0.15) is 31.2 Å². The first-order chi connectivity index (χ1) is 10.3. The molecule has 1 fully saturated rings. The summed E-state index contributed by atoms with van der Waals surface area (Å²) in [5, 5.41) is 15.9. The standard InChI is InChI=1S/C18H20N2S/c1-21-18-9-5-4-8-17(18)20-16-11-10-13(12-19)14-6-2-3-7-15(14)16/h2-3,6-7,10-11,17-18,20H,4-5,8-9H2,1H3. The number of fused-ring (bicyclic) bond motifs is 1. The van der Waals surface area contributed by atoms with Crippen LogP contribution < -0.4 is 5.32 Å². The second kappa shape index (κ2) is 6.41. The van der Waals surface area contributed by atoms with Crippen LogP contribution in [0.3, 0.4) is 0 Å². The third-order valence-electron chi connectivity index (χ3n) is 4.39. The Morgan fingerprint density at radius 1 is 1.10 bits per heavy atom. The van der Waals surface area contributed by atoms with Crippen LogP contribution in [0.25, 0.3) is 10.8 Å². The van der Waals surface area contributed by atoms with Gasteiger partial charge >= 0.3 is 0 Å². The molecule has 3 rings (SSSR count). The summed E-state index contributed by atoms with van der Waals surface area (Å²) < 4.78 is 0. The highest BCUT2D eigenvalue weighted by Crippen LogP contribution is 2.32. The minimum absolute atomic E-state index is 0.532. The molecule has 0 spiro atoms. The van der Waals surface area contributed by atoms with Crippen LogP contribution in [-0.2, 0) is 0 Å². The van der Waals surface area contributed by atoms with Gasteiger partial charge in [-0.1, -0.05) is 37.1 Å². The quantitative estimate of drug-likeness (QED) is 0.884. The lowest BCUT2D eigenvalue weighted by molar-refractivity contribution is 0.475. The molecule has 0 heterocycles. The predicted octanol–water partition coefficient (Wildman–Crippen LogP) is 4.80. The molecule has 1 aliphatic carbocycles. The minimum Gasteiger partial charge on any atom is -0.381 e. The Morgan fingerprint density at radius 3 is 2.62 bits per heavy atom. The molecule has 1 saturated carbocycles. The Morgan fingerprint density at radius 2 is 1.86 bits per heavy atom. The molecule has 0 amide bonds. The van der Waals surface area contributed by atoms with E-state index in [1.807, 2.05) is 36.0 Å². The highest BCUT2D eigenvalue weighted by molar-refractivity contribution is 7.99. The Hall–Kier alpha value is -1.66. The predicted molar refractivity (Wildman–Crippen MR) is 91.8 cm³/mol. The van der Waals surface area contributed by atoms with E-state index in [0.717, 1.165) is 22.0 Å². The zero-order valence-corrected chi connectivity index (χ0v) is 13.1. The SMILES string of the molecule is CSC1CCCCC1Nc1ccc(C#N)c2ccccc12. The third kappa shape index (κ3) is 2.87. The highest BCUT2D eigenvalue weighted by Gasteiger charge is 2.24. The van der Waals surface area contributed by atoms with E-state index >= 15 is 0 Å². The molecule has 1 N–H and O–H groups in total. The van der Waals surface area contributed by atoms with Crippen LogP contribution in [0.15, 0.2) is 36.4 Å². The normalized spacial score (nSPS) is 21.9. The lowest BCUT2D eigenvalue weighted by Crippen LogP contribution is -2.34. The number of anilines is 1. The average Bonchev–Trinajstić information content (AvgIpc) is 2.55. The Balaban J connectivity index is 1.96. The van der Waals surface area contributed by atoms with E-state index in [1.54, 1.807) is 0 Å². The first-order valence-electron chi connectivity index (χ1n) is 7.54. The number of hydrogen-bond donors (Lipinski definition) is 1. The van der Waals surface area contributed by atoms with Crippen LogP contribution in [0, 0.1) is 11.3 Å². The van der Waals surface area contributed by atoms with Crippen molar-refractivity contribution in [2.45, 2.75) is 37.0 Å². The summed E-state index contributed by atoms with van der Waals surface area (Å²) in [7, 11) is 0. The minimum atomic E-state index is 0.532. The summed E-state index contributed by atoms with van der Waals surface area (Å²) in [5.74, 6) is 0. The topological polar surface area (TPSA) is 35.8 Å². The molecule has 0 aromatic heterocycles. The van der Waals surface area contributed by atoms with Gasteiger partial charge in [0, 0.05) is 27.8 Å². The van der Waals surface area contributed by atoms with Crippen molar-refractivity contribution in [1.82, 2.24) is 0 Å². The fourth-order valence-corrected chi connectivity index (χ4v) is 4.20. The molecule has 2 nitrogen and oxygen atoms in total. The maximum Gasteiger partial charge on any atom is 0.0998 e. The van der Waals surface area contributed by atoms with Gasteiger partial charge in [-0.15, -0.1) is 0 Å². The smallest absolute Gasteiger partial charge is 0.0998 e. The molecule has 0 bridgehead atoms. The lowest BCUT2D eigenvalue weighted by Gasteiger charge is -2.32. The molecule has 1 aliphatic rings. The van der Waals surface area contributed by atoms with E-state index in [2.05, 4.69) is 29.8 Å². The van der Waals surface area contributed by atoms with Crippen LogP contribution in [0.2, 0.25) is 0 Å². The van der Waals surface area contributed by atoms with Crippen molar-refractivity contribution in [3.63, 3.8) is 0 Å². The number of benzene rings is 2. The number of hydrogen-bond acceptors (Lipinski definition) is 3. The molecule has 2 aromatic carbocycles. The molecular formula is C18H20N2S. The van der Waals surface area contributed by atoms with Gasteiger partial charge in [0.05, 0.1) is 11.6 Å². The maximum atomic E-state index is 9.25. The number of nitrogens with zero attached hydrogens (tertiary/aromatic N) is 1. The summed E-state index contributed by atoms with van der Waals surface area (Å²) in [6.45, 7) is 0. The maximum absolute atomic E-state index is 9.25. The summed E-state index contributed by atoms with van der Waals surface area (Å²) in [6, 6.07) is 15.0. The summed E-state index contributed by atoms with van der Waals surface area (Å²) in [4.78, 5) is 0.